The molecule has 14 heteroatoms. The van der Waals surface area contributed by atoms with Crippen LogP contribution in [0.1, 0.15) is 43.9 Å². The lowest BCUT2D eigenvalue weighted by atomic mass is 10.1. The summed E-state index contributed by atoms with van der Waals surface area (Å²) in [6, 6.07) is -0.447. The van der Waals surface area contributed by atoms with E-state index in [0.717, 1.165) is 16.8 Å². The second kappa shape index (κ2) is 13.2. The topological polar surface area (TPSA) is 162 Å². The third-order valence-corrected chi connectivity index (χ3v) is 6.20. The molecule has 3 rings (SSSR count). The number of hydrogen-bond donors (Lipinski definition) is 4. The number of amides is 3. The molecular weight excluding hydrogens is 540 g/mol. The summed E-state index contributed by atoms with van der Waals surface area (Å²) in [5, 5.41) is 13.5. The molecule has 0 aliphatic carbocycles. The molecule has 41 heavy (non-hydrogen) atoms. The van der Waals surface area contributed by atoms with Gasteiger partial charge in [-0.1, -0.05) is 19.9 Å². The number of aromatic nitrogens is 4. The minimum Gasteiger partial charge on any atom is -0.465 e. The number of carbonyl (C=O) groups is 3. The zero-order valence-electron chi connectivity index (χ0n) is 23.4. The highest BCUT2D eigenvalue weighted by atomic mass is 19.1. The number of nitrogens with one attached hydrogen (secondary N) is 3. The first-order valence-corrected chi connectivity index (χ1v) is 12.9. The standard InChI is InChI=1S/C27H33F2N7O5/c1-14(2)10-19-24-23(17(29)12-30-19)33-21(34-24)13-36-15(3)16(28)11-20(26(36)39)31-25(38)18(32-27(40)41)8-6-7-9-22(37)35(4)5/h7,9,11-12,14,18,32H,6,8,10,13H2,1-5H3,(H,31,38)(H,33,34)(H,40,41). The Morgan fingerprint density at radius 1 is 1.22 bits per heavy atom. The lowest BCUT2D eigenvalue weighted by Crippen LogP contribution is -2.44. The zero-order valence-corrected chi connectivity index (χ0v) is 23.4. The van der Waals surface area contributed by atoms with Crippen LogP contribution in [-0.2, 0) is 22.6 Å². The Hall–Kier alpha value is -4.62. The van der Waals surface area contributed by atoms with Crippen LogP contribution in [0.4, 0.5) is 19.3 Å². The Balaban J connectivity index is 1.87. The Kier molecular flexibility index (Phi) is 9.92. The molecule has 3 aromatic heterocycles. The number of hydrogen-bond acceptors (Lipinski definition) is 6. The first-order valence-electron chi connectivity index (χ1n) is 12.9. The zero-order chi connectivity index (χ0) is 30.4. The van der Waals surface area contributed by atoms with Gasteiger partial charge < -0.3 is 30.2 Å². The van der Waals surface area contributed by atoms with E-state index in [0.29, 0.717) is 17.6 Å². The molecule has 0 saturated carbocycles. The van der Waals surface area contributed by atoms with E-state index in [-0.39, 0.29) is 48.2 Å². The van der Waals surface area contributed by atoms with Crippen molar-refractivity contribution in [2.75, 3.05) is 19.4 Å². The van der Waals surface area contributed by atoms with E-state index >= 15 is 0 Å². The fraction of sp³-hybridized carbons (Fsp3) is 0.407. The molecule has 0 radical (unpaired) electrons. The van der Waals surface area contributed by atoms with Crippen molar-refractivity contribution in [2.24, 2.45) is 5.92 Å². The summed E-state index contributed by atoms with van der Waals surface area (Å²) in [6.45, 7) is 5.08. The van der Waals surface area contributed by atoms with Gasteiger partial charge >= 0.3 is 6.09 Å². The van der Waals surface area contributed by atoms with Crippen LogP contribution in [0.25, 0.3) is 11.0 Å². The first-order chi connectivity index (χ1) is 19.3. The molecule has 0 bridgehead atoms. The SMILES string of the molecule is Cc1c(F)cc(NC(=O)C(CCC=CC(=O)N(C)C)NC(=O)O)c(=O)n1Cc1nc2c(F)cnc(CC(C)C)c2[nH]1. The van der Waals surface area contributed by atoms with Gasteiger partial charge in [0, 0.05) is 20.2 Å². The van der Waals surface area contributed by atoms with Crippen LogP contribution < -0.4 is 16.2 Å². The molecule has 3 amide bonds. The third kappa shape index (κ3) is 7.74. The number of rotatable bonds is 11. The molecule has 1 unspecified atom stereocenters. The lowest BCUT2D eigenvalue weighted by molar-refractivity contribution is -0.123. The number of likely N-dealkylation sites (N-methyl/N-ethyl adjacent to an activating group) is 1. The lowest BCUT2D eigenvalue weighted by Gasteiger charge is -2.17. The van der Waals surface area contributed by atoms with Crippen LogP contribution in [0, 0.1) is 24.5 Å². The highest BCUT2D eigenvalue weighted by Crippen LogP contribution is 2.21. The summed E-state index contributed by atoms with van der Waals surface area (Å²) in [5.41, 5.74) is -0.213. The number of nitrogens with zero attached hydrogens (tertiary/aromatic N) is 4. The van der Waals surface area contributed by atoms with Crippen molar-refractivity contribution in [3.8, 4) is 0 Å². The highest BCUT2D eigenvalue weighted by Gasteiger charge is 2.23. The number of fused-ring (bicyclic) bond motifs is 1. The monoisotopic (exact) mass is 573 g/mol. The summed E-state index contributed by atoms with van der Waals surface area (Å²) < 4.78 is 30.4. The molecule has 0 saturated heterocycles. The Morgan fingerprint density at radius 3 is 2.56 bits per heavy atom. The van der Waals surface area contributed by atoms with Gasteiger partial charge in [-0.2, -0.15) is 0 Å². The van der Waals surface area contributed by atoms with Gasteiger partial charge in [-0.05, 0) is 38.2 Å². The maximum absolute atomic E-state index is 14.9. The Bertz CT molecular complexity index is 1550. The number of anilines is 1. The molecule has 3 heterocycles. The minimum absolute atomic E-state index is 0.0326. The van der Waals surface area contributed by atoms with E-state index in [9.17, 15) is 28.0 Å². The third-order valence-electron chi connectivity index (χ3n) is 6.20. The van der Waals surface area contributed by atoms with Gasteiger partial charge in [0.2, 0.25) is 11.8 Å². The van der Waals surface area contributed by atoms with E-state index in [1.165, 1.54) is 24.0 Å². The smallest absolute Gasteiger partial charge is 0.405 e. The normalized spacial score (nSPS) is 12.2. The van der Waals surface area contributed by atoms with Crippen molar-refractivity contribution < 1.29 is 28.3 Å². The molecule has 4 N–H and O–H groups in total. The van der Waals surface area contributed by atoms with E-state index in [1.807, 2.05) is 13.8 Å². The summed E-state index contributed by atoms with van der Waals surface area (Å²) in [7, 11) is 3.13. The van der Waals surface area contributed by atoms with Crippen molar-refractivity contribution in [2.45, 2.75) is 52.6 Å². The summed E-state index contributed by atoms with van der Waals surface area (Å²) in [6.07, 6.45) is 3.07. The fourth-order valence-electron chi connectivity index (χ4n) is 4.06. The van der Waals surface area contributed by atoms with E-state index in [4.69, 9.17) is 5.11 Å². The average Bonchev–Trinajstić information content (AvgIpc) is 3.33. The maximum Gasteiger partial charge on any atom is 0.405 e. The number of imidazole rings is 1. The number of H-pyrrole nitrogens is 1. The van der Waals surface area contributed by atoms with Gasteiger partial charge in [0.25, 0.3) is 5.56 Å². The predicted molar refractivity (Wildman–Crippen MR) is 148 cm³/mol. The van der Waals surface area contributed by atoms with Gasteiger partial charge in [0.1, 0.15) is 28.9 Å². The molecular formula is C27H33F2N7O5. The number of pyridine rings is 2. The number of carbonyl (C=O) groups excluding carboxylic acids is 2. The van der Waals surface area contributed by atoms with Crippen LogP contribution in [0.3, 0.4) is 0 Å². The van der Waals surface area contributed by atoms with Crippen molar-refractivity contribution in [3.05, 3.63) is 63.6 Å². The minimum atomic E-state index is -1.48. The van der Waals surface area contributed by atoms with Gasteiger partial charge in [-0.25, -0.2) is 18.6 Å². The summed E-state index contributed by atoms with van der Waals surface area (Å²) >= 11 is 0. The van der Waals surface area contributed by atoms with Crippen molar-refractivity contribution >= 4 is 34.6 Å². The van der Waals surface area contributed by atoms with Crippen molar-refractivity contribution in [1.29, 1.82) is 0 Å². The number of aromatic amines is 1. The van der Waals surface area contributed by atoms with Crippen LogP contribution in [0.15, 0.2) is 29.2 Å². The second-order valence-corrected chi connectivity index (χ2v) is 10.1. The van der Waals surface area contributed by atoms with E-state index in [1.54, 1.807) is 14.1 Å². The quantitative estimate of drug-likeness (QED) is 0.256. The first kappa shape index (κ1) is 30.9. The van der Waals surface area contributed by atoms with Gasteiger partial charge in [0.15, 0.2) is 5.82 Å². The number of allylic oxidation sites excluding steroid dienone is 1. The van der Waals surface area contributed by atoms with Crippen LogP contribution in [0.5, 0.6) is 0 Å². The van der Waals surface area contributed by atoms with E-state index < -0.39 is 40.9 Å². The maximum atomic E-state index is 14.9. The van der Waals surface area contributed by atoms with Crippen molar-refractivity contribution in [3.63, 3.8) is 0 Å². The number of carboxylic acid groups (broad SMARTS) is 1. The number of halogens is 2. The summed E-state index contributed by atoms with van der Waals surface area (Å²) in [5.74, 6) is -2.22. The van der Waals surface area contributed by atoms with E-state index in [2.05, 4.69) is 25.6 Å². The Morgan fingerprint density at radius 2 is 1.93 bits per heavy atom. The van der Waals surface area contributed by atoms with Gasteiger partial charge in [-0.3, -0.25) is 19.4 Å². The van der Waals surface area contributed by atoms with Crippen LogP contribution in [-0.4, -0.2) is 67.6 Å². The average molecular weight is 574 g/mol. The Labute approximate surface area is 234 Å². The molecule has 1 atom stereocenters. The molecule has 0 spiro atoms. The molecule has 0 aliphatic heterocycles. The largest absolute Gasteiger partial charge is 0.465 e. The van der Waals surface area contributed by atoms with Gasteiger partial charge in [-0.15, -0.1) is 0 Å². The van der Waals surface area contributed by atoms with Gasteiger partial charge in [0.05, 0.1) is 29.6 Å². The molecule has 0 aliphatic rings. The fourth-order valence-corrected chi connectivity index (χ4v) is 4.06. The molecule has 0 aromatic carbocycles. The highest BCUT2D eigenvalue weighted by molar-refractivity contribution is 5.96. The summed E-state index contributed by atoms with van der Waals surface area (Å²) in [4.78, 5) is 61.9. The molecule has 220 valence electrons. The van der Waals surface area contributed by atoms with Crippen LogP contribution >= 0.6 is 0 Å². The second-order valence-electron chi connectivity index (χ2n) is 10.1. The van der Waals surface area contributed by atoms with Crippen molar-refractivity contribution in [1.82, 2.24) is 29.7 Å². The molecule has 0 fully saturated rings. The van der Waals surface area contributed by atoms with Crippen LogP contribution in [0.2, 0.25) is 0 Å². The predicted octanol–water partition coefficient (Wildman–Crippen LogP) is 2.95. The molecule has 12 nitrogen and oxygen atoms in total. The molecule has 3 aromatic rings.